The molecule has 0 aromatic heterocycles. The van der Waals surface area contributed by atoms with Gasteiger partial charge in [0.2, 0.25) is 0 Å². The van der Waals surface area contributed by atoms with Gasteiger partial charge in [0.1, 0.15) is 11.5 Å². The number of methoxy groups -OCH3 is 3. The fraction of sp³-hybridized carbons (Fsp3) is 0.724. The normalized spacial score (nSPS) is 29.8. The number of hydrogen-bond acceptors (Lipinski definition) is 4. The highest BCUT2D eigenvalue weighted by molar-refractivity contribution is 5.37. The molecule has 6 rings (SSSR count). The second-order valence-corrected chi connectivity index (χ2v) is 11.2. The van der Waals surface area contributed by atoms with Gasteiger partial charge in [-0.2, -0.15) is 0 Å². The maximum absolute atomic E-state index is 6.29. The smallest absolute Gasteiger partial charge is 0.118 e. The molecule has 0 spiro atoms. The molecule has 0 amide bonds. The van der Waals surface area contributed by atoms with E-state index in [9.17, 15) is 0 Å². The van der Waals surface area contributed by atoms with Gasteiger partial charge in [0.05, 0.1) is 33.2 Å². The first-order valence-electron chi connectivity index (χ1n) is 12.8. The number of allylic oxidation sites excluding steroid dienone is 5. The molecule has 0 aromatic carbocycles. The van der Waals surface area contributed by atoms with E-state index < -0.39 is 0 Å². The van der Waals surface area contributed by atoms with Crippen LogP contribution < -0.4 is 0 Å². The van der Waals surface area contributed by atoms with Crippen LogP contribution in [0.3, 0.4) is 0 Å². The predicted octanol–water partition coefficient (Wildman–Crippen LogP) is 7.34. The molecule has 0 N–H and O–H groups in total. The van der Waals surface area contributed by atoms with Gasteiger partial charge in [-0.15, -0.1) is 0 Å². The summed E-state index contributed by atoms with van der Waals surface area (Å²) in [5.41, 5.74) is 2.65. The highest BCUT2D eigenvalue weighted by Crippen LogP contribution is 2.49. The molecule has 0 heterocycles. The third kappa shape index (κ3) is 5.70. The van der Waals surface area contributed by atoms with Crippen LogP contribution in [-0.4, -0.2) is 34.0 Å². The molecule has 0 fully saturated rings. The van der Waals surface area contributed by atoms with E-state index in [-0.39, 0.29) is 28.8 Å². The van der Waals surface area contributed by atoms with Gasteiger partial charge >= 0.3 is 0 Å². The quantitative estimate of drug-likeness (QED) is 0.432. The lowest BCUT2D eigenvalue weighted by atomic mass is 9.66. The summed E-state index contributed by atoms with van der Waals surface area (Å²) in [6, 6.07) is 0. The van der Waals surface area contributed by atoms with Gasteiger partial charge in [0, 0.05) is 24.9 Å². The van der Waals surface area contributed by atoms with Crippen LogP contribution in [0.25, 0.3) is 0 Å². The lowest BCUT2D eigenvalue weighted by Gasteiger charge is -2.43. The van der Waals surface area contributed by atoms with E-state index in [2.05, 4.69) is 52.8 Å². The van der Waals surface area contributed by atoms with E-state index in [1.807, 2.05) is 14.2 Å². The first-order chi connectivity index (χ1) is 15.7. The standard InChI is InChI=1S/C29H46O4/c1-9-33-27-15-20-13-11-10-12-14-28(2,3)22-17-25(31-7)21(16-26(22)32-8)19-29(4,5)23(27)18-24(20)30-6/h15,17-18,21,23,27H,9-14,16,19H2,1-8H3. The van der Waals surface area contributed by atoms with Crippen molar-refractivity contribution in [3.63, 3.8) is 0 Å². The van der Waals surface area contributed by atoms with Crippen molar-refractivity contribution in [3.8, 4) is 0 Å². The van der Waals surface area contributed by atoms with E-state index in [0.717, 1.165) is 49.4 Å². The van der Waals surface area contributed by atoms with Crippen molar-refractivity contribution in [3.05, 3.63) is 46.7 Å². The monoisotopic (exact) mass is 458 g/mol. The SMILES string of the molecule is CCOC1C=C2CCCCCC(C)(C)C3=C(OC)CC(CC(C)(C)C1C=C2OC)C(OC)=C3. The Morgan fingerprint density at radius 3 is 2.33 bits per heavy atom. The van der Waals surface area contributed by atoms with Crippen molar-refractivity contribution < 1.29 is 18.9 Å². The molecule has 0 saturated carbocycles. The van der Waals surface area contributed by atoms with Crippen LogP contribution in [0.4, 0.5) is 0 Å². The molecule has 33 heavy (non-hydrogen) atoms. The molecule has 0 aliphatic heterocycles. The molecule has 0 saturated heterocycles. The topological polar surface area (TPSA) is 36.9 Å². The van der Waals surface area contributed by atoms with Crippen LogP contribution in [0, 0.1) is 22.7 Å². The Morgan fingerprint density at radius 1 is 0.939 bits per heavy atom. The average Bonchev–Trinajstić information content (AvgIpc) is 2.77. The lowest BCUT2D eigenvalue weighted by Crippen LogP contribution is -2.38. The van der Waals surface area contributed by atoms with Crippen LogP contribution in [0.15, 0.2) is 46.7 Å². The lowest BCUT2D eigenvalue weighted by molar-refractivity contribution is 0.0113. The van der Waals surface area contributed by atoms with E-state index >= 15 is 0 Å². The maximum atomic E-state index is 6.29. The number of hydrogen-bond donors (Lipinski definition) is 0. The maximum Gasteiger partial charge on any atom is 0.118 e. The van der Waals surface area contributed by atoms with Crippen LogP contribution in [-0.2, 0) is 18.9 Å². The molecular formula is C29H46O4. The predicted molar refractivity (Wildman–Crippen MR) is 135 cm³/mol. The van der Waals surface area contributed by atoms with Crippen molar-refractivity contribution in [2.75, 3.05) is 27.9 Å². The molecule has 4 heteroatoms. The zero-order valence-corrected chi connectivity index (χ0v) is 22.3. The molecular weight excluding hydrogens is 412 g/mol. The minimum atomic E-state index is -0.0170. The molecule has 186 valence electrons. The average molecular weight is 459 g/mol. The number of rotatable bonds is 5. The Bertz CT molecular complexity index is 811. The Balaban J connectivity index is 2.05. The van der Waals surface area contributed by atoms with Crippen molar-refractivity contribution >= 4 is 0 Å². The van der Waals surface area contributed by atoms with E-state index in [4.69, 9.17) is 18.9 Å². The van der Waals surface area contributed by atoms with Gasteiger partial charge < -0.3 is 18.9 Å². The van der Waals surface area contributed by atoms with E-state index in [1.54, 1.807) is 7.11 Å². The third-order valence-electron chi connectivity index (χ3n) is 8.00. The Kier molecular flexibility index (Phi) is 8.42. The molecule has 6 aliphatic carbocycles. The first kappa shape index (κ1) is 25.9. The molecule has 3 atom stereocenters. The highest BCUT2D eigenvalue weighted by atomic mass is 16.5. The Hall–Kier alpha value is -1.68. The molecule has 4 nitrogen and oxygen atoms in total. The zero-order chi connectivity index (χ0) is 24.2. The minimum absolute atomic E-state index is 0.0170. The van der Waals surface area contributed by atoms with Gasteiger partial charge in [-0.1, -0.05) is 40.5 Å². The summed E-state index contributed by atoms with van der Waals surface area (Å²) >= 11 is 0. The zero-order valence-electron chi connectivity index (χ0n) is 22.3. The van der Waals surface area contributed by atoms with Gasteiger partial charge in [0.15, 0.2) is 0 Å². The summed E-state index contributed by atoms with van der Waals surface area (Å²) in [5, 5.41) is 0. The van der Waals surface area contributed by atoms with Gasteiger partial charge in [-0.05, 0) is 72.8 Å². The Labute approximate surface area is 202 Å². The Morgan fingerprint density at radius 2 is 1.70 bits per heavy atom. The van der Waals surface area contributed by atoms with Crippen molar-refractivity contribution in [1.82, 2.24) is 0 Å². The first-order valence-corrected chi connectivity index (χ1v) is 12.8. The number of ether oxygens (including phenoxy) is 4. The third-order valence-corrected chi connectivity index (χ3v) is 8.00. The van der Waals surface area contributed by atoms with Gasteiger partial charge in [-0.25, -0.2) is 0 Å². The second kappa shape index (κ2) is 10.7. The summed E-state index contributed by atoms with van der Waals surface area (Å²) in [5.74, 6) is 3.74. The largest absolute Gasteiger partial charge is 0.501 e. The van der Waals surface area contributed by atoms with E-state index in [1.165, 1.54) is 24.0 Å². The van der Waals surface area contributed by atoms with Gasteiger partial charge in [-0.3, -0.25) is 0 Å². The van der Waals surface area contributed by atoms with Crippen LogP contribution >= 0.6 is 0 Å². The summed E-state index contributed by atoms with van der Waals surface area (Å²) in [6.45, 7) is 12.2. The molecule has 6 aliphatic rings. The molecule has 0 radical (unpaired) electrons. The summed E-state index contributed by atoms with van der Waals surface area (Å²) in [7, 11) is 5.44. The van der Waals surface area contributed by atoms with Crippen molar-refractivity contribution in [2.45, 2.75) is 85.7 Å². The summed E-state index contributed by atoms with van der Waals surface area (Å²) in [6.07, 6.45) is 14.6. The van der Waals surface area contributed by atoms with Crippen molar-refractivity contribution in [1.29, 1.82) is 0 Å². The van der Waals surface area contributed by atoms with Gasteiger partial charge in [0.25, 0.3) is 0 Å². The van der Waals surface area contributed by atoms with Crippen molar-refractivity contribution in [2.24, 2.45) is 22.7 Å². The molecule has 0 aromatic rings. The molecule has 3 unspecified atom stereocenters. The van der Waals surface area contributed by atoms with Crippen LogP contribution in [0.5, 0.6) is 0 Å². The van der Waals surface area contributed by atoms with E-state index in [0.29, 0.717) is 6.61 Å². The minimum Gasteiger partial charge on any atom is -0.501 e. The second-order valence-electron chi connectivity index (χ2n) is 11.2. The fourth-order valence-corrected chi connectivity index (χ4v) is 6.07. The highest BCUT2D eigenvalue weighted by Gasteiger charge is 2.41. The summed E-state index contributed by atoms with van der Waals surface area (Å²) < 4.78 is 24.2. The van der Waals surface area contributed by atoms with Crippen LogP contribution in [0.2, 0.25) is 0 Å². The van der Waals surface area contributed by atoms with Crippen LogP contribution in [0.1, 0.15) is 79.6 Å². The fourth-order valence-electron chi connectivity index (χ4n) is 6.07. The summed E-state index contributed by atoms with van der Waals surface area (Å²) in [4.78, 5) is 0. The molecule has 4 bridgehead atoms.